The van der Waals surface area contributed by atoms with Crippen LogP contribution in [0.5, 0.6) is 0 Å². The minimum atomic E-state index is -1.05. The highest BCUT2D eigenvalue weighted by Gasteiger charge is 2.20. The van der Waals surface area contributed by atoms with Gasteiger partial charge in [-0.3, -0.25) is 4.79 Å². The van der Waals surface area contributed by atoms with Gasteiger partial charge in [-0.05, 0) is 65.8 Å². The minimum Gasteiger partial charge on any atom is -0.480 e. The molecule has 0 aliphatic rings. The number of thioether (sulfide) groups is 1. The van der Waals surface area contributed by atoms with Crippen LogP contribution in [0.3, 0.4) is 0 Å². The molecule has 0 aliphatic heterocycles. The maximum absolute atomic E-state index is 13.4. The second-order valence-electron chi connectivity index (χ2n) is 7.50. The normalized spacial score (nSPS) is 12.4. The van der Waals surface area contributed by atoms with Crippen molar-refractivity contribution in [2.24, 2.45) is 0 Å². The van der Waals surface area contributed by atoms with Crippen LogP contribution in [0.4, 0.5) is 4.39 Å². The molecule has 33 heavy (non-hydrogen) atoms. The van der Waals surface area contributed by atoms with Crippen LogP contribution in [-0.4, -0.2) is 45.0 Å². The van der Waals surface area contributed by atoms with Crippen molar-refractivity contribution in [2.75, 3.05) is 12.0 Å². The number of nitrogens with one attached hydrogen (secondary N) is 2. The average molecular weight is 468 g/mol. The molecule has 3 rings (SSSR count). The third-order valence-corrected chi connectivity index (χ3v) is 5.75. The summed E-state index contributed by atoms with van der Waals surface area (Å²) in [4.78, 5) is 31.5. The molecule has 0 bridgehead atoms. The monoisotopic (exact) mass is 467 g/mol. The summed E-state index contributed by atoms with van der Waals surface area (Å²) in [5, 5.41) is 12.0. The number of carboxylic acid groups (broad SMARTS) is 1. The Morgan fingerprint density at radius 3 is 2.67 bits per heavy atom. The molecule has 1 aromatic heterocycles. The zero-order chi connectivity index (χ0) is 23.6. The number of carbonyl (C=O) groups excluding carboxylic acids is 1. The SMILES string of the molecule is CSCC[C@H](NC(=O)c1cccc(C/C(=C\Cc2ncc[nH]2)c2ccc(F)cc2)c1)C(=O)O. The van der Waals surface area contributed by atoms with Crippen molar-refractivity contribution in [3.63, 3.8) is 0 Å². The molecule has 8 heteroatoms. The lowest BCUT2D eigenvalue weighted by atomic mass is 9.96. The molecule has 2 aromatic carbocycles. The van der Waals surface area contributed by atoms with Gasteiger partial charge in [0.15, 0.2) is 0 Å². The number of aliphatic carboxylic acids is 1. The van der Waals surface area contributed by atoms with Crippen LogP contribution in [-0.2, 0) is 17.6 Å². The Hall–Kier alpha value is -3.39. The number of allylic oxidation sites excluding steroid dienone is 2. The van der Waals surface area contributed by atoms with Gasteiger partial charge in [-0.1, -0.05) is 30.3 Å². The standard InChI is InChI=1S/C25H26FN3O3S/c1-33-14-11-22(25(31)32)29-24(30)20-4-2-3-17(16-20)15-19(7-10-23-27-12-13-28-23)18-5-8-21(26)9-6-18/h2-9,12-13,16,22H,10-11,14-15H2,1H3,(H,27,28)(H,29,30)(H,31,32)/b19-7+/t22-/m0/s1. The van der Waals surface area contributed by atoms with E-state index >= 15 is 0 Å². The van der Waals surface area contributed by atoms with Crippen molar-refractivity contribution in [2.45, 2.75) is 25.3 Å². The van der Waals surface area contributed by atoms with E-state index in [2.05, 4.69) is 15.3 Å². The van der Waals surface area contributed by atoms with Crippen LogP contribution in [0.2, 0.25) is 0 Å². The van der Waals surface area contributed by atoms with Crippen molar-refractivity contribution in [1.82, 2.24) is 15.3 Å². The Balaban J connectivity index is 1.79. The molecule has 0 spiro atoms. The first kappa shape index (κ1) is 24.3. The topological polar surface area (TPSA) is 95.1 Å². The molecule has 1 atom stereocenters. The number of amides is 1. The number of imidazole rings is 1. The highest BCUT2D eigenvalue weighted by molar-refractivity contribution is 7.98. The van der Waals surface area contributed by atoms with E-state index in [0.717, 1.165) is 22.5 Å². The van der Waals surface area contributed by atoms with E-state index in [9.17, 15) is 19.1 Å². The number of aromatic nitrogens is 2. The molecular formula is C25H26FN3O3S. The maximum Gasteiger partial charge on any atom is 0.326 e. The van der Waals surface area contributed by atoms with E-state index in [-0.39, 0.29) is 5.82 Å². The van der Waals surface area contributed by atoms with Crippen molar-refractivity contribution in [1.29, 1.82) is 0 Å². The van der Waals surface area contributed by atoms with Crippen LogP contribution in [0.1, 0.15) is 33.7 Å². The van der Waals surface area contributed by atoms with Gasteiger partial charge in [0.05, 0.1) is 0 Å². The molecule has 3 aromatic rings. The Bertz CT molecular complexity index is 1100. The van der Waals surface area contributed by atoms with Gasteiger partial charge < -0.3 is 15.4 Å². The van der Waals surface area contributed by atoms with Crippen LogP contribution < -0.4 is 5.32 Å². The zero-order valence-corrected chi connectivity index (χ0v) is 19.1. The molecule has 0 radical (unpaired) electrons. The summed E-state index contributed by atoms with van der Waals surface area (Å²) < 4.78 is 13.4. The fourth-order valence-electron chi connectivity index (χ4n) is 3.36. The van der Waals surface area contributed by atoms with E-state index in [0.29, 0.717) is 30.6 Å². The van der Waals surface area contributed by atoms with Gasteiger partial charge in [-0.2, -0.15) is 11.8 Å². The number of hydrogen-bond acceptors (Lipinski definition) is 4. The molecule has 1 heterocycles. The van der Waals surface area contributed by atoms with Crippen LogP contribution in [0.25, 0.3) is 5.57 Å². The van der Waals surface area contributed by atoms with E-state index in [1.54, 1.807) is 42.7 Å². The average Bonchev–Trinajstić information content (AvgIpc) is 3.33. The van der Waals surface area contributed by atoms with Gasteiger partial charge in [0.1, 0.15) is 17.7 Å². The number of H-pyrrole nitrogens is 1. The quantitative estimate of drug-likeness (QED) is 0.390. The Kier molecular flexibility index (Phi) is 8.83. The van der Waals surface area contributed by atoms with Crippen molar-refractivity contribution < 1.29 is 19.1 Å². The third kappa shape index (κ3) is 7.32. The van der Waals surface area contributed by atoms with Crippen LogP contribution in [0, 0.1) is 5.82 Å². The summed E-state index contributed by atoms with van der Waals surface area (Å²) in [5.74, 6) is -0.329. The number of hydrogen-bond donors (Lipinski definition) is 3. The van der Waals surface area contributed by atoms with Crippen molar-refractivity contribution in [3.8, 4) is 0 Å². The molecule has 0 aliphatic carbocycles. The largest absolute Gasteiger partial charge is 0.480 e. The number of halogens is 1. The second kappa shape index (κ2) is 12.0. The van der Waals surface area contributed by atoms with Crippen molar-refractivity contribution >= 4 is 29.2 Å². The number of nitrogens with zero attached hydrogens (tertiary/aromatic N) is 1. The predicted molar refractivity (Wildman–Crippen MR) is 129 cm³/mol. The molecule has 172 valence electrons. The molecule has 1 amide bonds. The van der Waals surface area contributed by atoms with Gasteiger partial charge in [0.25, 0.3) is 5.91 Å². The molecule has 0 unspecified atom stereocenters. The first-order valence-corrected chi connectivity index (χ1v) is 11.9. The Labute approximate surface area is 196 Å². The number of carboxylic acids is 1. The van der Waals surface area contributed by atoms with Crippen LogP contribution >= 0.6 is 11.8 Å². The molecule has 0 saturated carbocycles. The molecule has 6 nitrogen and oxygen atoms in total. The fraction of sp³-hybridized carbons (Fsp3) is 0.240. The smallest absolute Gasteiger partial charge is 0.326 e. The number of aromatic amines is 1. The van der Waals surface area contributed by atoms with E-state index < -0.39 is 17.9 Å². The summed E-state index contributed by atoms with van der Waals surface area (Å²) in [5.41, 5.74) is 3.12. The highest BCUT2D eigenvalue weighted by Crippen LogP contribution is 2.22. The van der Waals surface area contributed by atoms with Gasteiger partial charge >= 0.3 is 5.97 Å². The lowest BCUT2D eigenvalue weighted by molar-refractivity contribution is -0.139. The minimum absolute atomic E-state index is 0.308. The third-order valence-electron chi connectivity index (χ3n) is 5.11. The zero-order valence-electron chi connectivity index (χ0n) is 18.3. The maximum atomic E-state index is 13.4. The van der Waals surface area contributed by atoms with E-state index in [1.807, 2.05) is 18.4 Å². The summed E-state index contributed by atoms with van der Waals surface area (Å²) in [7, 11) is 0. The lowest BCUT2D eigenvalue weighted by Crippen LogP contribution is -2.41. The van der Waals surface area contributed by atoms with E-state index in [4.69, 9.17) is 0 Å². The predicted octanol–water partition coefficient (Wildman–Crippen LogP) is 4.35. The molecule has 0 saturated heterocycles. The Morgan fingerprint density at radius 1 is 1.21 bits per heavy atom. The molecule has 0 fully saturated rings. The number of benzene rings is 2. The summed E-state index contributed by atoms with van der Waals surface area (Å²) in [6.07, 6.45) is 8.81. The fourth-order valence-corrected chi connectivity index (χ4v) is 3.83. The van der Waals surface area contributed by atoms with Crippen LogP contribution in [0.15, 0.2) is 67.0 Å². The Morgan fingerprint density at radius 2 is 2.00 bits per heavy atom. The summed E-state index contributed by atoms with van der Waals surface area (Å²) in [6, 6.07) is 12.5. The highest BCUT2D eigenvalue weighted by atomic mass is 32.2. The molecule has 3 N–H and O–H groups in total. The van der Waals surface area contributed by atoms with Gasteiger partial charge in [0.2, 0.25) is 0 Å². The number of carbonyl (C=O) groups is 2. The van der Waals surface area contributed by atoms with Gasteiger partial charge in [-0.25, -0.2) is 14.2 Å². The van der Waals surface area contributed by atoms with Gasteiger partial charge in [0, 0.05) is 24.4 Å². The van der Waals surface area contributed by atoms with Crippen molar-refractivity contribution in [3.05, 3.63) is 95.3 Å². The lowest BCUT2D eigenvalue weighted by Gasteiger charge is -2.15. The van der Waals surface area contributed by atoms with Gasteiger partial charge in [-0.15, -0.1) is 0 Å². The second-order valence-corrected chi connectivity index (χ2v) is 8.48. The summed E-state index contributed by atoms with van der Waals surface area (Å²) in [6.45, 7) is 0. The first-order chi connectivity index (χ1) is 16.0. The summed E-state index contributed by atoms with van der Waals surface area (Å²) >= 11 is 1.53. The number of rotatable bonds is 11. The first-order valence-electron chi connectivity index (χ1n) is 10.5. The molecular weight excluding hydrogens is 441 g/mol. The van der Waals surface area contributed by atoms with E-state index in [1.165, 1.54) is 23.9 Å².